The maximum atomic E-state index is 10.5. The fourth-order valence-electron chi connectivity index (χ4n) is 1.32. The minimum Gasteiger partial charge on any atom is -0.489 e. The summed E-state index contributed by atoms with van der Waals surface area (Å²) in [6.45, 7) is 4.14. The van der Waals surface area contributed by atoms with Crippen LogP contribution < -0.4 is 4.74 Å². The number of hydrogen-bond donors (Lipinski definition) is 0. The van der Waals surface area contributed by atoms with Gasteiger partial charge in [0.15, 0.2) is 0 Å². The SMILES string of the molecule is CCC(CC)Oc1ccc(C=O)cc1Cl. The Hall–Kier alpha value is -1.02. The summed E-state index contributed by atoms with van der Waals surface area (Å²) in [5.74, 6) is 0.649. The zero-order chi connectivity index (χ0) is 11.3. The monoisotopic (exact) mass is 226 g/mol. The molecule has 0 saturated heterocycles. The Morgan fingerprint density at radius 2 is 2.07 bits per heavy atom. The van der Waals surface area contributed by atoms with E-state index in [1.807, 2.05) is 0 Å². The van der Waals surface area contributed by atoms with Gasteiger partial charge in [0.2, 0.25) is 0 Å². The van der Waals surface area contributed by atoms with Crippen LogP contribution in [0.25, 0.3) is 0 Å². The number of halogens is 1. The lowest BCUT2D eigenvalue weighted by Crippen LogP contribution is -2.13. The first-order valence-corrected chi connectivity index (χ1v) is 5.50. The van der Waals surface area contributed by atoms with Gasteiger partial charge < -0.3 is 4.74 Å². The van der Waals surface area contributed by atoms with Crippen molar-refractivity contribution in [1.82, 2.24) is 0 Å². The molecule has 0 atom stereocenters. The molecule has 1 aromatic carbocycles. The van der Waals surface area contributed by atoms with Crippen LogP contribution in [0.3, 0.4) is 0 Å². The van der Waals surface area contributed by atoms with E-state index in [0.29, 0.717) is 16.3 Å². The second-order valence-corrected chi connectivity index (χ2v) is 3.77. The fourth-order valence-corrected chi connectivity index (χ4v) is 1.55. The predicted molar refractivity (Wildman–Crippen MR) is 61.8 cm³/mol. The summed E-state index contributed by atoms with van der Waals surface area (Å²) in [4.78, 5) is 10.5. The first-order chi connectivity index (χ1) is 7.21. The molecule has 3 heteroatoms. The van der Waals surface area contributed by atoms with Crippen molar-refractivity contribution >= 4 is 17.9 Å². The predicted octanol–water partition coefficient (Wildman–Crippen LogP) is 3.72. The number of carbonyl (C=O) groups excluding carboxylic acids is 1. The summed E-state index contributed by atoms with van der Waals surface area (Å²) < 4.78 is 5.70. The van der Waals surface area contributed by atoms with E-state index in [1.165, 1.54) is 0 Å². The summed E-state index contributed by atoms with van der Waals surface area (Å²) in [7, 11) is 0. The lowest BCUT2D eigenvalue weighted by Gasteiger charge is -2.16. The van der Waals surface area contributed by atoms with Crippen molar-refractivity contribution in [3.63, 3.8) is 0 Å². The van der Waals surface area contributed by atoms with Crippen molar-refractivity contribution in [2.24, 2.45) is 0 Å². The Kier molecular flexibility index (Phi) is 4.63. The number of hydrogen-bond acceptors (Lipinski definition) is 2. The smallest absolute Gasteiger partial charge is 0.150 e. The van der Waals surface area contributed by atoms with Gasteiger partial charge in [-0.1, -0.05) is 25.4 Å². The number of carbonyl (C=O) groups is 1. The van der Waals surface area contributed by atoms with Crippen LogP contribution in [0.15, 0.2) is 18.2 Å². The Bertz CT molecular complexity index is 332. The molecule has 0 bridgehead atoms. The molecule has 0 N–H and O–H groups in total. The standard InChI is InChI=1S/C12H15ClO2/c1-3-10(4-2)15-12-6-5-9(8-14)7-11(12)13/h5-8,10H,3-4H2,1-2H3. The first-order valence-electron chi connectivity index (χ1n) is 5.12. The van der Waals surface area contributed by atoms with E-state index in [2.05, 4.69) is 13.8 Å². The minimum absolute atomic E-state index is 0.185. The second kappa shape index (κ2) is 5.76. The topological polar surface area (TPSA) is 26.3 Å². The second-order valence-electron chi connectivity index (χ2n) is 3.36. The van der Waals surface area contributed by atoms with Gasteiger partial charge in [-0.15, -0.1) is 0 Å². The first kappa shape index (κ1) is 12.1. The van der Waals surface area contributed by atoms with Crippen molar-refractivity contribution in [1.29, 1.82) is 0 Å². The van der Waals surface area contributed by atoms with Crippen molar-refractivity contribution in [3.8, 4) is 5.75 Å². The number of benzene rings is 1. The molecule has 0 unspecified atom stereocenters. The third-order valence-electron chi connectivity index (χ3n) is 2.30. The zero-order valence-electron chi connectivity index (χ0n) is 9.00. The molecule has 1 aromatic rings. The van der Waals surface area contributed by atoms with Crippen LogP contribution in [0.1, 0.15) is 37.0 Å². The molecule has 0 fully saturated rings. The van der Waals surface area contributed by atoms with Gasteiger partial charge in [0.05, 0.1) is 11.1 Å². The van der Waals surface area contributed by atoms with E-state index in [1.54, 1.807) is 18.2 Å². The fraction of sp³-hybridized carbons (Fsp3) is 0.417. The van der Waals surface area contributed by atoms with Crippen LogP contribution in [0.2, 0.25) is 5.02 Å². The molecule has 0 aliphatic heterocycles. The van der Waals surface area contributed by atoms with Crippen LogP contribution in [0.4, 0.5) is 0 Å². The minimum atomic E-state index is 0.185. The molecule has 0 saturated carbocycles. The molecule has 0 aromatic heterocycles. The van der Waals surface area contributed by atoms with Gasteiger partial charge in [0.25, 0.3) is 0 Å². The van der Waals surface area contributed by atoms with E-state index in [9.17, 15) is 4.79 Å². The molecule has 0 heterocycles. The van der Waals surface area contributed by atoms with Crippen LogP contribution in [0, 0.1) is 0 Å². The highest BCUT2D eigenvalue weighted by atomic mass is 35.5. The average Bonchev–Trinajstić information content (AvgIpc) is 2.27. The van der Waals surface area contributed by atoms with Crippen molar-refractivity contribution in [3.05, 3.63) is 28.8 Å². The third kappa shape index (κ3) is 3.24. The lowest BCUT2D eigenvalue weighted by molar-refractivity contribution is 0.112. The highest BCUT2D eigenvalue weighted by molar-refractivity contribution is 6.32. The lowest BCUT2D eigenvalue weighted by atomic mass is 10.2. The molecule has 1 rings (SSSR count). The van der Waals surface area contributed by atoms with Crippen molar-refractivity contribution < 1.29 is 9.53 Å². The highest BCUT2D eigenvalue weighted by Gasteiger charge is 2.08. The summed E-state index contributed by atoms with van der Waals surface area (Å²) in [6, 6.07) is 5.06. The molecule has 0 amide bonds. The van der Waals surface area contributed by atoms with Crippen LogP contribution >= 0.6 is 11.6 Å². The summed E-state index contributed by atoms with van der Waals surface area (Å²) >= 11 is 5.98. The Morgan fingerprint density at radius 3 is 2.53 bits per heavy atom. The molecule has 0 aliphatic carbocycles. The summed E-state index contributed by atoms with van der Waals surface area (Å²) in [6.07, 6.45) is 2.85. The van der Waals surface area contributed by atoms with Gasteiger partial charge in [-0.2, -0.15) is 0 Å². The molecule has 0 aliphatic rings. The van der Waals surface area contributed by atoms with E-state index in [0.717, 1.165) is 19.1 Å². The maximum absolute atomic E-state index is 10.5. The van der Waals surface area contributed by atoms with Gasteiger partial charge in [-0.05, 0) is 31.0 Å². The van der Waals surface area contributed by atoms with Gasteiger partial charge in [-0.3, -0.25) is 4.79 Å². The van der Waals surface area contributed by atoms with Crippen molar-refractivity contribution in [2.45, 2.75) is 32.8 Å². The van der Waals surface area contributed by atoms with Crippen molar-refractivity contribution in [2.75, 3.05) is 0 Å². The third-order valence-corrected chi connectivity index (χ3v) is 2.59. The van der Waals surface area contributed by atoms with Gasteiger partial charge >= 0.3 is 0 Å². The average molecular weight is 227 g/mol. The molecule has 0 radical (unpaired) electrons. The molecule has 82 valence electrons. The molecule has 15 heavy (non-hydrogen) atoms. The quantitative estimate of drug-likeness (QED) is 0.716. The van der Waals surface area contributed by atoms with E-state index in [4.69, 9.17) is 16.3 Å². The highest BCUT2D eigenvalue weighted by Crippen LogP contribution is 2.26. The number of aldehydes is 1. The summed E-state index contributed by atoms with van der Waals surface area (Å²) in [5, 5.41) is 0.492. The largest absolute Gasteiger partial charge is 0.489 e. The summed E-state index contributed by atoms with van der Waals surface area (Å²) in [5.41, 5.74) is 0.567. The number of ether oxygens (including phenoxy) is 1. The molecule has 0 spiro atoms. The normalized spacial score (nSPS) is 10.4. The molecular formula is C12H15ClO2. The van der Waals surface area contributed by atoms with Crippen LogP contribution in [-0.4, -0.2) is 12.4 Å². The number of rotatable bonds is 5. The van der Waals surface area contributed by atoms with E-state index < -0.39 is 0 Å². The maximum Gasteiger partial charge on any atom is 0.150 e. The van der Waals surface area contributed by atoms with E-state index >= 15 is 0 Å². The Balaban J connectivity index is 2.81. The van der Waals surface area contributed by atoms with Gasteiger partial charge in [0.1, 0.15) is 12.0 Å². The van der Waals surface area contributed by atoms with Gasteiger partial charge in [0, 0.05) is 5.56 Å². The Labute approximate surface area is 95.2 Å². The molecular weight excluding hydrogens is 212 g/mol. The Morgan fingerprint density at radius 1 is 1.40 bits per heavy atom. The van der Waals surface area contributed by atoms with Crippen LogP contribution in [0.5, 0.6) is 5.75 Å². The van der Waals surface area contributed by atoms with E-state index in [-0.39, 0.29) is 6.10 Å². The van der Waals surface area contributed by atoms with Crippen LogP contribution in [-0.2, 0) is 0 Å². The molecule has 2 nitrogen and oxygen atoms in total. The zero-order valence-corrected chi connectivity index (χ0v) is 9.75. The van der Waals surface area contributed by atoms with Gasteiger partial charge in [-0.25, -0.2) is 0 Å².